The number of fused-ring (bicyclic) bond motifs is 1. The van der Waals surface area contributed by atoms with Crippen LogP contribution in [0.3, 0.4) is 0 Å². The van der Waals surface area contributed by atoms with Gasteiger partial charge in [-0.2, -0.15) is 0 Å². The molecule has 0 aromatic heterocycles. The molecule has 2 heterocycles. The third-order valence-electron chi connectivity index (χ3n) is 6.59. The Hall–Kier alpha value is -2.23. The Bertz CT molecular complexity index is 1120. The van der Waals surface area contributed by atoms with Crippen LogP contribution in [0.25, 0.3) is 0 Å². The zero-order chi connectivity index (χ0) is 27.6. The van der Waals surface area contributed by atoms with Crippen molar-refractivity contribution in [2.24, 2.45) is 0 Å². The summed E-state index contributed by atoms with van der Waals surface area (Å²) in [7, 11) is -1.66. The van der Waals surface area contributed by atoms with E-state index >= 15 is 0 Å². The molecule has 2 aliphatic rings. The summed E-state index contributed by atoms with van der Waals surface area (Å²) in [4.78, 5) is 0. The number of ether oxygens (including phenoxy) is 5. The Morgan fingerprint density at radius 2 is 1.25 bits per heavy atom. The molecule has 2 saturated heterocycles. The summed E-state index contributed by atoms with van der Waals surface area (Å²) in [5, 5.41) is 0. The van der Waals surface area contributed by atoms with Crippen molar-refractivity contribution in [3.8, 4) is 0 Å². The van der Waals surface area contributed by atoms with Crippen LogP contribution < -0.4 is 0 Å². The zero-order valence-electron chi connectivity index (χ0n) is 22.9. The van der Waals surface area contributed by atoms with Crippen LogP contribution in [0.5, 0.6) is 0 Å². The van der Waals surface area contributed by atoms with Crippen LogP contribution in [0.2, 0.25) is 0 Å². The van der Waals surface area contributed by atoms with Gasteiger partial charge in [-0.05, 0) is 25.0 Å². The van der Waals surface area contributed by atoms with E-state index in [1.54, 1.807) is 0 Å². The Balaban J connectivity index is 1.43. The quantitative estimate of drug-likeness (QED) is 0.222. The van der Waals surface area contributed by atoms with Crippen LogP contribution in [-0.4, -0.2) is 50.5 Å². The number of hydrogen-bond donors (Lipinski definition) is 0. The van der Waals surface area contributed by atoms with Crippen molar-refractivity contribution in [2.75, 3.05) is 19.8 Å². The summed E-state index contributed by atoms with van der Waals surface area (Å²) in [6.45, 7) is 5.71. The first-order valence-corrected chi connectivity index (χ1v) is 14.9. The van der Waals surface area contributed by atoms with Crippen LogP contribution in [0.4, 0.5) is 0 Å². The molecular formula is C31H37O8P. The van der Waals surface area contributed by atoms with Crippen molar-refractivity contribution < 1.29 is 37.3 Å². The lowest BCUT2D eigenvalue weighted by atomic mass is 9.97. The fourth-order valence-corrected chi connectivity index (χ4v) is 5.66. The van der Waals surface area contributed by atoms with E-state index in [1.165, 1.54) is 0 Å². The average molecular weight is 569 g/mol. The van der Waals surface area contributed by atoms with Gasteiger partial charge in [0.15, 0.2) is 12.6 Å². The molecule has 0 radical (unpaired) electrons. The van der Waals surface area contributed by atoms with Gasteiger partial charge in [0.25, 0.3) is 0 Å². The molecule has 0 saturated carbocycles. The zero-order valence-corrected chi connectivity index (χ0v) is 23.8. The summed E-state index contributed by atoms with van der Waals surface area (Å²) in [5.41, 5.74) is 3.00. The first-order valence-electron chi connectivity index (χ1n) is 13.8. The summed E-state index contributed by atoms with van der Waals surface area (Å²) >= 11 is 0. The van der Waals surface area contributed by atoms with Crippen LogP contribution in [-0.2, 0) is 50.5 Å². The second-order valence-electron chi connectivity index (χ2n) is 9.41. The number of rotatable bonds is 13. The van der Waals surface area contributed by atoms with E-state index in [0.29, 0.717) is 33.0 Å². The fourth-order valence-electron chi connectivity index (χ4n) is 4.70. The van der Waals surface area contributed by atoms with Gasteiger partial charge in [0, 0.05) is 5.56 Å². The molecule has 3 aromatic carbocycles. The Labute approximate surface area is 237 Å². The minimum atomic E-state index is -1.66. The first kappa shape index (κ1) is 29.3. The molecule has 0 aliphatic carbocycles. The second kappa shape index (κ2) is 15.1. The van der Waals surface area contributed by atoms with Crippen LogP contribution in [0.1, 0.15) is 36.8 Å². The van der Waals surface area contributed by atoms with Crippen molar-refractivity contribution in [1.29, 1.82) is 0 Å². The van der Waals surface area contributed by atoms with Crippen molar-refractivity contribution >= 4 is 8.60 Å². The van der Waals surface area contributed by atoms with Gasteiger partial charge >= 0.3 is 8.60 Å². The number of hydrogen-bond acceptors (Lipinski definition) is 8. The normalized spacial score (nSPS) is 26.5. The molecule has 9 heteroatoms. The monoisotopic (exact) mass is 568 g/mol. The molecule has 2 aliphatic heterocycles. The molecule has 0 amide bonds. The molecule has 5 rings (SSSR count). The molecule has 8 nitrogen and oxygen atoms in total. The van der Waals surface area contributed by atoms with E-state index in [2.05, 4.69) is 0 Å². The van der Waals surface area contributed by atoms with E-state index in [0.717, 1.165) is 16.7 Å². The minimum Gasteiger partial charge on any atom is -0.368 e. The van der Waals surface area contributed by atoms with E-state index in [1.807, 2.05) is 105 Å². The molecular weight excluding hydrogens is 531 g/mol. The largest absolute Gasteiger partial charge is 0.368 e. The van der Waals surface area contributed by atoms with Crippen LogP contribution in [0, 0.1) is 0 Å². The van der Waals surface area contributed by atoms with Gasteiger partial charge in [-0.3, -0.25) is 4.52 Å². The predicted octanol–water partition coefficient (Wildman–Crippen LogP) is 6.31. The van der Waals surface area contributed by atoms with Crippen LogP contribution in [0.15, 0.2) is 91.0 Å². The van der Waals surface area contributed by atoms with Crippen LogP contribution >= 0.6 is 8.60 Å². The van der Waals surface area contributed by atoms with Crippen molar-refractivity contribution in [1.82, 2.24) is 0 Å². The van der Waals surface area contributed by atoms with Gasteiger partial charge in [-0.1, -0.05) is 91.0 Å². The van der Waals surface area contributed by atoms with Gasteiger partial charge in [0.2, 0.25) is 0 Å². The molecule has 0 spiro atoms. The van der Waals surface area contributed by atoms with Crippen molar-refractivity contribution in [3.63, 3.8) is 0 Å². The first-order chi connectivity index (χ1) is 19.7. The minimum absolute atomic E-state index is 0.307. The van der Waals surface area contributed by atoms with E-state index in [9.17, 15) is 0 Å². The van der Waals surface area contributed by atoms with E-state index in [-0.39, 0.29) is 0 Å². The van der Waals surface area contributed by atoms with Gasteiger partial charge in [0.1, 0.15) is 24.4 Å². The third-order valence-corrected chi connectivity index (χ3v) is 7.90. The Morgan fingerprint density at radius 3 is 1.82 bits per heavy atom. The smallest absolute Gasteiger partial charge is 0.335 e. The van der Waals surface area contributed by atoms with Gasteiger partial charge in [-0.15, -0.1) is 0 Å². The standard InChI is InChI=1S/C31H37O8P/c1-3-35-40(36-4-2)39-31-29(33-21-24-16-10-6-11-17-24)28(32-20-23-14-8-5-9-15-23)27-26(37-31)22-34-30(38-27)25-18-12-7-13-19-25/h5-19,26-31H,3-4,20-22H2,1-2H3/t26-,27-,28+,29-,30?,31?/m1/s1. The van der Waals surface area contributed by atoms with Gasteiger partial charge in [0.05, 0.1) is 33.0 Å². The lowest BCUT2D eigenvalue weighted by molar-refractivity contribution is -0.362. The average Bonchev–Trinajstić information content (AvgIpc) is 3.00. The van der Waals surface area contributed by atoms with Gasteiger partial charge < -0.3 is 32.7 Å². The molecule has 0 bridgehead atoms. The van der Waals surface area contributed by atoms with Crippen molar-refractivity contribution in [3.05, 3.63) is 108 Å². The highest BCUT2D eigenvalue weighted by atomic mass is 31.2. The van der Waals surface area contributed by atoms with E-state index < -0.39 is 45.6 Å². The lowest BCUT2D eigenvalue weighted by Gasteiger charge is -2.49. The summed E-state index contributed by atoms with van der Waals surface area (Å²) in [5.74, 6) is 0. The van der Waals surface area contributed by atoms with Gasteiger partial charge in [-0.25, -0.2) is 0 Å². The molecule has 40 heavy (non-hydrogen) atoms. The highest BCUT2D eigenvalue weighted by Crippen LogP contribution is 2.45. The highest BCUT2D eigenvalue weighted by molar-refractivity contribution is 7.41. The molecule has 3 aromatic rings. The third kappa shape index (κ3) is 7.74. The fraction of sp³-hybridized carbons (Fsp3) is 0.419. The molecule has 2 fully saturated rings. The SMILES string of the molecule is CCOP(OCC)OC1O[C@@H]2COC(c3ccccc3)O[C@H]2[C@H](OCc2ccccc2)[C@H]1OCc1ccccc1. The molecule has 2 unspecified atom stereocenters. The summed E-state index contributed by atoms with van der Waals surface area (Å²) < 4.78 is 50.1. The highest BCUT2D eigenvalue weighted by Gasteiger charge is 2.52. The summed E-state index contributed by atoms with van der Waals surface area (Å²) in [6.07, 6.45) is -3.44. The molecule has 214 valence electrons. The topological polar surface area (TPSA) is 73.8 Å². The van der Waals surface area contributed by atoms with Crippen molar-refractivity contribution in [2.45, 2.75) is 64.1 Å². The Morgan fingerprint density at radius 1 is 0.700 bits per heavy atom. The maximum absolute atomic E-state index is 6.62. The maximum atomic E-state index is 6.62. The summed E-state index contributed by atoms with van der Waals surface area (Å²) in [6, 6.07) is 29.9. The molecule has 0 N–H and O–H groups in total. The second-order valence-corrected chi connectivity index (χ2v) is 10.6. The Kier molecular flexibility index (Phi) is 11.1. The molecule has 6 atom stereocenters. The van der Waals surface area contributed by atoms with E-state index in [4.69, 9.17) is 37.3 Å². The number of benzene rings is 3. The predicted molar refractivity (Wildman–Crippen MR) is 150 cm³/mol. The lowest BCUT2D eigenvalue weighted by Crippen LogP contribution is -2.63. The maximum Gasteiger partial charge on any atom is 0.335 e.